The number of piperidine rings is 1. The Balaban J connectivity index is 1.59. The number of aromatic nitrogens is 4. The Morgan fingerprint density at radius 3 is 2.73 bits per heavy atom. The summed E-state index contributed by atoms with van der Waals surface area (Å²) in [7, 11) is 0. The highest BCUT2D eigenvalue weighted by molar-refractivity contribution is 5.34. The maximum absolute atomic E-state index is 4.88. The highest BCUT2D eigenvalue weighted by Crippen LogP contribution is 2.44. The summed E-state index contributed by atoms with van der Waals surface area (Å²) >= 11 is 0. The van der Waals surface area contributed by atoms with Crippen LogP contribution in [0, 0.1) is 20.8 Å². The summed E-state index contributed by atoms with van der Waals surface area (Å²) in [5.41, 5.74) is 6.85. The molecule has 3 heterocycles. The lowest BCUT2D eigenvalue weighted by Crippen LogP contribution is -2.45. The van der Waals surface area contributed by atoms with Gasteiger partial charge in [0.25, 0.3) is 0 Å². The first-order valence-corrected chi connectivity index (χ1v) is 9.99. The Hall–Kier alpha value is -1.75. The number of hydrogen-bond donors (Lipinski definition) is 0. The van der Waals surface area contributed by atoms with E-state index in [0.29, 0.717) is 6.04 Å². The topological polar surface area (TPSA) is 46.8 Å². The third-order valence-electron chi connectivity index (χ3n) is 6.36. The second-order valence-corrected chi connectivity index (χ2v) is 8.57. The first-order valence-electron chi connectivity index (χ1n) is 9.99. The maximum Gasteiger partial charge on any atom is 0.125 e. The van der Waals surface area contributed by atoms with Crippen molar-refractivity contribution in [2.24, 2.45) is 0 Å². The largest absolute Gasteiger partial charge is 0.298 e. The smallest absolute Gasteiger partial charge is 0.125 e. The number of fused-ring (bicyclic) bond motifs is 2. The molecule has 1 fully saturated rings. The predicted octanol–water partition coefficient (Wildman–Crippen LogP) is 3.66. The van der Waals surface area contributed by atoms with Gasteiger partial charge in [-0.25, -0.2) is 9.97 Å². The van der Waals surface area contributed by atoms with Gasteiger partial charge in [0.2, 0.25) is 0 Å². The van der Waals surface area contributed by atoms with E-state index in [4.69, 9.17) is 10.1 Å². The number of hydrogen-bond acceptors (Lipinski definition) is 4. The van der Waals surface area contributed by atoms with Crippen molar-refractivity contribution in [2.45, 2.75) is 78.3 Å². The van der Waals surface area contributed by atoms with E-state index in [1.54, 1.807) is 0 Å². The van der Waals surface area contributed by atoms with Crippen LogP contribution in [0.15, 0.2) is 6.20 Å². The molecule has 0 bridgehead atoms. The highest BCUT2D eigenvalue weighted by atomic mass is 15.3. The average Bonchev–Trinajstić information content (AvgIpc) is 3.08. The molecule has 0 N–H and O–H groups in total. The molecule has 26 heavy (non-hydrogen) atoms. The van der Waals surface area contributed by atoms with Crippen LogP contribution in [0.3, 0.4) is 0 Å². The van der Waals surface area contributed by atoms with Crippen LogP contribution in [0.5, 0.6) is 0 Å². The number of aryl methyl sites for hydroxylation is 3. The Kier molecular flexibility index (Phi) is 4.38. The molecule has 4 rings (SSSR count). The Labute approximate surface area is 156 Å². The van der Waals surface area contributed by atoms with E-state index in [9.17, 15) is 0 Å². The maximum atomic E-state index is 4.88. The molecule has 0 saturated carbocycles. The summed E-state index contributed by atoms with van der Waals surface area (Å²) in [5.74, 6) is 0.909. The molecule has 0 radical (unpaired) electrons. The van der Waals surface area contributed by atoms with Gasteiger partial charge in [-0.1, -0.05) is 0 Å². The van der Waals surface area contributed by atoms with Crippen LogP contribution < -0.4 is 0 Å². The van der Waals surface area contributed by atoms with E-state index in [0.717, 1.165) is 25.3 Å². The molecule has 2 aromatic heterocycles. The SMILES string of the molecule is Cc1ncc2c(n1)C1(CCCN(Cc3c(C)nn(C(C)C)c3C)C1)CC2. The van der Waals surface area contributed by atoms with Crippen molar-refractivity contribution in [1.82, 2.24) is 24.6 Å². The zero-order chi connectivity index (χ0) is 18.5. The third kappa shape index (κ3) is 2.86. The lowest BCUT2D eigenvalue weighted by Gasteiger charge is -2.40. The average molecular weight is 354 g/mol. The fourth-order valence-electron chi connectivity index (χ4n) is 5.04. The summed E-state index contributed by atoms with van der Waals surface area (Å²) in [6.45, 7) is 14.1. The van der Waals surface area contributed by atoms with Gasteiger partial charge in [0.1, 0.15) is 5.82 Å². The normalized spacial score (nSPS) is 23.2. The Bertz CT molecular complexity index is 818. The molecule has 2 aliphatic rings. The first kappa shape index (κ1) is 17.7. The molecule has 1 aliphatic heterocycles. The number of likely N-dealkylation sites (tertiary alicyclic amines) is 1. The summed E-state index contributed by atoms with van der Waals surface area (Å²) < 4.78 is 2.17. The minimum Gasteiger partial charge on any atom is -0.298 e. The second-order valence-electron chi connectivity index (χ2n) is 8.57. The van der Waals surface area contributed by atoms with Crippen LogP contribution in [0.4, 0.5) is 0 Å². The molecule has 1 saturated heterocycles. The molecule has 1 aliphatic carbocycles. The zero-order valence-electron chi connectivity index (χ0n) is 16.8. The van der Waals surface area contributed by atoms with Crippen LogP contribution in [0.25, 0.3) is 0 Å². The van der Waals surface area contributed by atoms with Gasteiger partial charge in [-0.3, -0.25) is 9.58 Å². The monoisotopic (exact) mass is 353 g/mol. The van der Waals surface area contributed by atoms with Crippen molar-refractivity contribution < 1.29 is 0 Å². The molecule has 5 nitrogen and oxygen atoms in total. The molecule has 5 heteroatoms. The van der Waals surface area contributed by atoms with E-state index < -0.39 is 0 Å². The molecular weight excluding hydrogens is 322 g/mol. The predicted molar refractivity (Wildman–Crippen MR) is 103 cm³/mol. The van der Waals surface area contributed by atoms with Gasteiger partial charge in [-0.2, -0.15) is 5.10 Å². The molecule has 0 amide bonds. The number of nitrogens with zero attached hydrogens (tertiary/aromatic N) is 5. The fourth-order valence-corrected chi connectivity index (χ4v) is 5.04. The van der Waals surface area contributed by atoms with Crippen molar-refractivity contribution in [2.75, 3.05) is 13.1 Å². The zero-order valence-corrected chi connectivity index (χ0v) is 16.8. The molecular formula is C21H31N5. The second kappa shape index (κ2) is 6.45. The van der Waals surface area contributed by atoms with E-state index in [1.165, 1.54) is 54.0 Å². The molecule has 1 atom stereocenters. The summed E-state index contributed by atoms with van der Waals surface area (Å²) in [6, 6.07) is 0.413. The van der Waals surface area contributed by atoms with Gasteiger partial charge in [0, 0.05) is 42.0 Å². The van der Waals surface area contributed by atoms with Crippen molar-refractivity contribution in [1.29, 1.82) is 0 Å². The van der Waals surface area contributed by atoms with Gasteiger partial charge >= 0.3 is 0 Å². The van der Waals surface area contributed by atoms with E-state index >= 15 is 0 Å². The summed E-state index contributed by atoms with van der Waals surface area (Å²) in [4.78, 5) is 11.9. The van der Waals surface area contributed by atoms with Crippen molar-refractivity contribution >= 4 is 0 Å². The van der Waals surface area contributed by atoms with Gasteiger partial charge in [-0.05, 0) is 72.4 Å². The van der Waals surface area contributed by atoms with Crippen LogP contribution in [0.2, 0.25) is 0 Å². The van der Waals surface area contributed by atoms with Crippen LogP contribution >= 0.6 is 0 Å². The minimum absolute atomic E-state index is 0.233. The van der Waals surface area contributed by atoms with Crippen LogP contribution in [-0.2, 0) is 18.4 Å². The van der Waals surface area contributed by atoms with Gasteiger partial charge < -0.3 is 0 Å². The first-order chi connectivity index (χ1) is 12.4. The van der Waals surface area contributed by atoms with Gasteiger partial charge in [0.15, 0.2) is 0 Å². The van der Waals surface area contributed by atoms with Gasteiger partial charge in [0.05, 0.1) is 11.4 Å². The molecule has 140 valence electrons. The molecule has 0 aromatic carbocycles. The quantitative estimate of drug-likeness (QED) is 0.845. The fraction of sp³-hybridized carbons (Fsp3) is 0.667. The highest BCUT2D eigenvalue weighted by Gasteiger charge is 2.43. The van der Waals surface area contributed by atoms with E-state index in [1.807, 2.05) is 6.92 Å². The van der Waals surface area contributed by atoms with Crippen molar-refractivity contribution in [3.05, 3.63) is 40.2 Å². The Morgan fingerprint density at radius 1 is 1.19 bits per heavy atom. The van der Waals surface area contributed by atoms with E-state index in [2.05, 4.69) is 48.5 Å². The lowest BCUT2D eigenvalue weighted by atomic mass is 9.77. The van der Waals surface area contributed by atoms with Gasteiger partial charge in [-0.15, -0.1) is 0 Å². The van der Waals surface area contributed by atoms with Crippen LogP contribution in [-0.4, -0.2) is 37.7 Å². The third-order valence-corrected chi connectivity index (χ3v) is 6.36. The molecule has 1 spiro atoms. The van der Waals surface area contributed by atoms with Crippen molar-refractivity contribution in [3.63, 3.8) is 0 Å². The van der Waals surface area contributed by atoms with E-state index in [-0.39, 0.29) is 5.41 Å². The van der Waals surface area contributed by atoms with Crippen molar-refractivity contribution in [3.8, 4) is 0 Å². The lowest BCUT2D eigenvalue weighted by molar-refractivity contribution is 0.136. The minimum atomic E-state index is 0.233. The van der Waals surface area contributed by atoms with Crippen LogP contribution in [0.1, 0.15) is 73.2 Å². The molecule has 1 unspecified atom stereocenters. The number of rotatable bonds is 3. The molecule has 2 aromatic rings. The summed E-state index contributed by atoms with van der Waals surface area (Å²) in [5, 5.41) is 4.78. The standard InChI is InChI=1S/C21H31N5/c1-14(2)26-16(4)19(15(3)24-26)12-25-10-6-8-21(13-25)9-7-18-11-22-17(5)23-20(18)21/h11,14H,6-10,12-13H2,1-5H3. The Morgan fingerprint density at radius 2 is 2.00 bits per heavy atom. The summed E-state index contributed by atoms with van der Waals surface area (Å²) in [6.07, 6.45) is 6.92.